The van der Waals surface area contributed by atoms with Gasteiger partial charge in [0.2, 0.25) is 5.01 Å². The number of halogens is 2. The van der Waals surface area contributed by atoms with Gasteiger partial charge < -0.3 is 15.8 Å². The number of benzene rings is 2. The third-order valence-electron chi connectivity index (χ3n) is 6.00. The Hall–Kier alpha value is -3.47. The van der Waals surface area contributed by atoms with Crippen LogP contribution in [-0.4, -0.2) is 57.9 Å². The summed E-state index contributed by atoms with van der Waals surface area (Å²) in [5, 5.41) is 4.01. The molecule has 0 fully saturated rings. The van der Waals surface area contributed by atoms with Gasteiger partial charge in [-0.1, -0.05) is 60.7 Å². The van der Waals surface area contributed by atoms with Crippen LogP contribution in [0.5, 0.6) is 0 Å². The highest BCUT2D eigenvalue weighted by atomic mass is 35.5. The first-order valence-electron chi connectivity index (χ1n) is 15.9. The van der Waals surface area contributed by atoms with Crippen molar-refractivity contribution in [2.75, 3.05) is 11.9 Å². The summed E-state index contributed by atoms with van der Waals surface area (Å²) in [6.45, 7) is 6.08. The molecule has 2 aromatic carbocycles. The van der Waals surface area contributed by atoms with Gasteiger partial charge in [0.1, 0.15) is 0 Å². The number of nitrogens with two attached hydrogens (primary N) is 1. The molecule has 0 aliphatic carbocycles. The number of thiazole rings is 2. The minimum atomic E-state index is -0.367. The minimum Gasteiger partial charge on any atom is -0.461 e. The van der Waals surface area contributed by atoms with Crippen LogP contribution >= 0.6 is 45.9 Å². The molecule has 0 aliphatic heterocycles. The summed E-state index contributed by atoms with van der Waals surface area (Å²) in [7, 11) is 0. The molecule has 6 aromatic rings. The highest BCUT2D eigenvalue weighted by Crippen LogP contribution is 2.22. The Morgan fingerprint density at radius 2 is 1.24 bits per heavy atom. The Balaban J connectivity index is 0.000000251. The summed E-state index contributed by atoms with van der Waals surface area (Å²) in [5.74, 6) is 6.40. The van der Waals surface area contributed by atoms with Crippen molar-refractivity contribution < 1.29 is 14.3 Å². The van der Waals surface area contributed by atoms with E-state index in [4.69, 9.17) is 33.7 Å². The molecule has 6 rings (SSSR count). The second-order valence-corrected chi connectivity index (χ2v) is 17.4. The molecule has 0 bridgehead atoms. The smallest absolute Gasteiger partial charge is 0.367 e. The van der Waals surface area contributed by atoms with Crippen molar-refractivity contribution in [3.8, 4) is 0 Å². The lowest BCUT2D eigenvalue weighted by Crippen LogP contribution is -2.26. The third-order valence-corrected chi connectivity index (χ3v) is 7.99. The maximum absolute atomic E-state index is 12.2. The van der Waals surface area contributed by atoms with E-state index in [-0.39, 0.29) is 43.4 Å². The van der Waals surface area contributed by atoms with Gasteiger partial charge in [-0.2, -0.15) is 0 Å². The van der Waals surface area contributed by atoms with E-state index < -0.39 is 0 Å². The molecule has 0 saturated carbocycles. The standard InChI is InChI=1S/C15H13N3OS.C9H8N2O2S.C8H11N.CH2Cl2.3CH3.Al/c1-10(11-5-3-2-4-6-11)17-14(19)15-18-12-7-8-16-9-13(12)20-15;1-2-13-9(12)8-11-6-3-4-10-5-7(6)14-8;1-7(9)8-5-3-2-4-6-8;2-1-3;;;;/h2-10H,1H3,(H,17,19);3-5H,2H2,1H3;2-7H,9H2,1H3;1H2;3*1H3;/t10-;;7-;;;;;/m1.1...../s1. The minimum absolute atomic E-state index is 0.0474. The van der Waals surface area contributed by atoms with Crippen LogP contribution in [0.3, 0.4) is 0 Å². The van der Waals surface area contributed by atoms with Crippen LogP contribution in [0.4, 0.5) is 0 Å². The van der Waals surface area contributed by atoms with Crippen molar-refractivity contribution in [3.05, 3.63) is 119 Å². The monoisotopic (exact) mass is 768 g/mol. The number of nitrogens with one attached hydrogen (secondary N) is 1. The van der Waals surface area contributed by atoms with Gasteiger partial charge in [-0.15, -0.1) is 63.2 Å². The second-order valence-electron chi connectivity index (χ2n) is 11.1. The summed E-state index contributed by atoms with van der Waals surface area (Å²) in [6, 6.07) is 23.6. The molecule has 0 radical (unpaired) electrons. The van der Waals surface area contributed by atoms with Gasteiger partial charge in [-0.3, -0.25) is 14.8 Å². The first-order chi connectivity index (χ1) is 24.0. The fourth-order valence-corrected chi connectivity index (χ4v) is 5.44. The molecule has 1 amide bonds. The summed E-state index contributed by atoms with van der Waals surface area (Å²) in [6.07, 6.45) is 6.74. The summed E-state index contributed by atoms with van der Waals surface area (Å²) in [5.41, 5.74) is 9.47. The molecule has 4 aromatic heterocycles. The number of esters is 1. The number of hydrogen-bond acceptors (Lipinski definition) is 10. The molecule has 2 atom stereocenters. The van der Waals surface area contributed by atoms with E-state index in [0.717, 1.165) is 26.0 Å². The zero-order valence-corrected chi connectivity index (χ0v) is 33.3. The van der Waals surface area contributed by atoms with Crippen molar-refractivity contribution >= 4 is 92.3 Å². The van der Waals surface area contributed by atoms with Crippen LogP contribution in [0.25, 0.3) is 20.4 Å². The zero-order valence-electron chi connectivity index (χ0n) is 29.0. The SMILES string of the molecule is CCOC(=O)c1nc2ccncc2s1.C[C@@H](N)c1ccccc1.C[C@@H](NC(=O)c1nc2ccncc2s1)c1ccccc1.ClCCl.[CH3][Al]([CH3])[CH3]. The van der Waals surface area contributed by atoms with E-state index >= 15 is 0 Å². The Labute approximate surface area is 316 Å². The predicted molar refractivity (Wildman–Crippen MR) is 212 cm³/mol. The number of nitrogens with zero attached hydrogens (tertiary/aromatic N) is 4. The fourth-order valence-electron chi connectivity index (χ4n) is 3.78. The third kappa shape index (κ3) is 15.6. The molecule has 264 valence electrons. The predicted octanol–water partition coefficient (Wildman–Crippen LogP) is 9.55. The van der Waals surface area contributed by atoms with Crippen LogP contribution in [0.2, 0.25) is 17.4 Å². The molecule has 3 N–H and O–H groups in total. The van der Waals surface area contributed by atoms with Gasteiger partial charge in [0, 0.05) is 30.8 Å². The molecule has 0 saturated heterocycles. The van der Waals surface area contributed by atoms with Crippen LogP contribution in [0, 0.1) is 0 Å². The number of amides is 1. The largest absolute Gasteiger partial charge is 0.461 e. The average Bonchev–Trinajstić information content (AvgIpc) is 3.75. The zero-order chi connectivity index (χ0) is 36.9. The Morgan fingerprint density at radius 1 is 0.800 bits per heavy atom. The van der Waals surface area contributed by atoms with E-state index in [9.17, 15) is 9.59 Å². The molecule has 4 heterocycles. The maximum atomic E-state index is 12.2. The highest BCUT2D eigenvalue weighted by molar-refractivity contribution is 7.20. The van der Waals surface area contributed by atoms with E-state index in [1.807, 2.05) is 80.6 Å². The number of alkyl halides is 2. The van der Waals surface area contributed by atoms with E-state index in [1.165, 1.54) is 28.2 Å². The topological polar surface area (TPSA) is 133 Å². The number of hydrogen-bond donors (Lipinski definition) is 2. The molecule has 0 unspecified atom stereocenters. The van der Waals surface area contributed by atoms with Gasteiger partial charge in [-0.05, 0) is 44.0 Å². The van der Waals surface area contributed by atoms with Gasteiger partial charge in [-0.25, -0.2) is 14.8 Å². The van der Waals surface area contributed by atoms with E-state index in [1.54, 1.807) is 37.8 Å². The summed E-state index contributed by atoms with van der Waals surface area (Å²) in [4.78, 5) is 40.0. The van der Waals surface area contributed by atoms with Crippen molar-refractivity contribution in [2.45, 2.75) is 50.2 Å². The van der Waals surface area contributed by atoms with Gasteiger partial charge in [0.15, 0.2) is 5.01 Å². The van der Waals surface area contributed by atoms with Crippen LogP contribution < -0.4 is 11.1 Å². The van der Waals surface area contributed by atoms with Crippen LogP contribution in [-0.2, 0) is 4.74 Å². The Morgan fingerprint density at radius 3 is 1.66 bits per heavy atom. The number of carbonyl (C=O) groups is 2. The van der Waals surface area contributed by atoms with Gasteiger partial charge in [0.05, 0.1) is 38.4 Å². The average molecular weight is 770 g/mol. The van der Waals surface area contributed by atoms with Crippen molar-refractivity contribution in [3.63, 3.8) is 0 Å². The van der Waals surface area contributed by atoms with E-state index in [0.29, 0.717) is 16.6 Å². The number of pyridine rings is 2. The highest BCUT2D eigenvalue weighted by Gasteiger charge is 2.15. The normalized spacial score (nSPS) is 11.1. The number of aromatic nitrogens is 4. The van der Waals surface area contributed by atoms with Gasteiger partial charge >= 0.3 is 5.97 Å². The number of fused-ring (bicyclic) bond motifs is 2. The molecular weight excluding hydrogens is 726 g/mol. The lowest BCUT2D eigenvalue weighted by atomic mass is 10.1. The Bertz CT molecular complexity index is 1770. The molecule has 50 heavy (non-hydrogen) atoms. The second kappa shape index (κ2) is 23.8. The van der Waals surface area contributed by atoms with Crippen molar-refractivity contribution in [2.24, 2.45) is 5.73 Å². The molecule has 0 spiro atoms. The van der Waals surface area contributed by atoms with Crippen molar-refractivity contribution in [1.29, 1.82) is 0 Å². The van der Waals surface area contributed by atoms with Crippen LogP contribution in [0.15, 0.2) is 97.6 Å². The first-order valence-corrected chi connectivity index (χ1v) is 22.0. The first kappa shape index (κ1) is 42.7. The number of rotatable bonds is 6. The Kier molecular flexibility index (Phi) is 20.4. The molecule has 14 heteroatoms. The molecule has 9 nitrogen and oxygen atoms in total. The number of ether oxygens (including phenoxy) is 1. The fraction of sp³-hybridized carbons (Fsp3) is 0.278. The summed E-state index contributed by atoms with van der Waals surface area (Å²) < 4.78 is 6.67. The summed E-state index contributed by atoms with van der Waals surface area (Å²) >= 11 is 12.0. The molecule has 0 aliphatic rings. The quantitative estimate of drug-likeness (QED) is 0.0973. The lowest BCUT2D eigenvalue weighted by molar-refractivity contribution is 0.0526. The van der Waals surface area contributed by atoms with Crippen LogP contribution in [0.1, 0.15) is 63.6 Å². The number of carbonyl (C=O) groups excluding carboxylic acids is 2. The van der Waals surface area contributed by atoms with E-state index in [2.05, 4.69) is 42.6 Å². The maximum Gasteiger partial charge on any atom is 0.367 e. The lowest BCUT2D eigenvalue weighted by Gasteiger charge is -2.12. The van der Waals surface area contributed by atoms with Crippen molar-refractivity contribution in [1.82, 2.24) is 25.3 Å². The molecular formula is C36H43AlCl2N6O3S2. The van der Waals surface area contributed by atoms with Gasteiger partial charge in [0.25, 0.3) is 20.1 Å².